The van der Waals surface area contributed by atoms with Gasteiger partial charge in [0.05, 0.1) is 23.6 Å². The smallest absolute Gasteiger partial charge is 0.335 e. The first kappa shape index (κ1) is 23.5. The molecule has 2 aromatic rings. The molecule has 0 spiro atoms. The average Bonchev–Trinajstić information content (AvgIpc) is 3.21. The Bertz CT molecular complexity index is 985. The summed E-state index contributed by atoms with van der Waals surface area (Å²) in [7, 11) is 0. The highest BCUT2D eigenvalue weighted by molar-refractivity contribution is 5.79. The second-order valence-corrected chi connectivity index (χ2v) is 8.55. The minimum atomic E-state index is -4.98. The van der Waals surface area contributed by atoms with Gasteiger partial charge in [-0.1, -0.05) is 12.1 Å². The lowest BCUT2D eigenvalue weighted by atomic mass is 9.78. The number of nitrogens with one attached hydrogen (secondary N) is 1. The summed E-state index contributed by atoms with van der Waals surface area (Å²) in [6.45, 7) is 1.68. The van der Waals surface area contributed by atoms with E-state index in [1.165, 1.54) is 17.0 Å². The van der Waals surface area contributed by atoms with Crippen molar-refractivity contribution in [2.45, 2.75) is 31.2 Å². The zero-order chi connectivity index (χ0) is 24.0. The van der Waals surface area contributed by atoms with Crippen LogP contribution in [0.1, 0.15) is 34.7 Å². The van der Waals surface area contributed by atoms with Crippen molar-refractivity contribution in [3.63, 3.8) is 0 Å². The number of amides is 1. The quantitative estimate of drug-likeness (QED) is 0.620. The third kappa shape index (κ3) is 5.00. The van der Waals surface area contributed by atoms with E-state index in [1.807, 2.05) is 0 Å². The molecule has 2 unspecified atom stereocenters. The Hall–Kier alpha value is -2.62. The Kier molecular flexibility index (Phi) is 6.15. The molecule has 2 aliphatic rings. The first-order valence-corrected chi connectivity index (χ1v) is 10.5. The van der Waals surface area contributed by atoms with Crippen LogP contribution in [0.25, 0.3) is 0 Å². The van der Waals surface area contributed by atoms with Gasteiger partial charge in [-0.25, -0.2) is 4.39 Å². The maximum Gasteiger partial charge on any atom is 0.416 e. The van der Waals surface area contributed by atoms with Crippen molar-refractivity contribution < 1.29 is 35.5 Å². The molecule has 0 aliphatic carbocycles. The summed E-state index contributed by atoms with van der Waals surface area (Å²) in [5.41, 5.74) is -2.57. The van der Waals surface area contributed by atoms with Crippen molar-refractivity contribution in [2.75, 3.05) is 19.6 Å². The summed E-state index contributed by atoms with van der Waals surface area (Å²) < 4.78 is 92.6. The van der Waals surface area contributed by atoms with E-state index in [0.717, 1.165) is 6.54 Å². The van der Waals surface area contributed by atoms with Crippen LogP contribution in [0.15, 0.2) is 42.5 Å². The predicted octanol–water partition coefficient (Wildman–Crippen LogP) is 5.22. The molecule has 2 aliphatic heterocycles. The number of nitrogens with zero attached hydrogens (tertiary/aromatic N) is 1. The second-order valence-electron chi connectivity index (χ2n) is 8.55. The molecule has 2 heterocycles. The summed E-state index contributed by atoms with van der Waals surface area (Å²) >= 11 is 0. The molecule has 2 aromatic carbocycles. The van der Waals surface area contributed by atoms with Crippen molar-refractivity contribution >= 4 is 5.91 Å². The molecule has 0 aromatic heterocycles. The van der Waals surface area contributed by atoms with E-state index >= 15 is 0 Å². The number of likely N-dealkylation sites (tertiary alicyclic amines) is 1. The number of alkyl halides is 6. The van der Waals surface area contributed by atoms with Gasteiger partial charge in [-0.05, 0) is 60.3 Å². The van der Waals surface area contributed by atoms with Gasteiger partial charge in [-0.15, -0.1) is 0 Å². The third-order valence-electron chi connectivity index (χ3n) is 6.41. The fourth-order valence-electron chi connectivity index (χ4n) is 4.88. The number of carbonyl (C=O) groups excluding carboxylic acids is 1. The number of hydrogen-bond acceptors (Lipinski definition) is 2. The van der Waals surface area contributed by atoms with Gasteiger partial charge in [0.25, 0.3) is 0 Å². The van der Waals surface area contributed by atoms with Gasteiger partial charge < -0.3 is 10.2 Å². The van der Waals surface area contributed by atoms with Crippen LogP contribution in [0.3, 0.4) is 0 Å². The summed E-state index contributed by atoms with van der Waals surface area (Å²) in [5.74, 6) is -0.728. The largest absolute Gasteiger partial charge is 0.416 e. The lowest BCUT2D eigenvalue weighted by Gasteiger charge is -2.43. The maximum absolute atomic E-state index is 13.5. The molecule has 0 bridgehead atoms. The molecule has 2 saturated heterocycles. The van der Waals surface area contributed by atoms with Crippen molar-refractivity contribution in [3.05, 3.63) is 70.5 Å². The average molecular weight is 474 g/mol. The topological polar surface area (TPSA) is 32.3 Å². The number of fused-ring (bicyclic) bond motifs is 1. The predicted molar refractivity (Wildman–Crippen MR) is 105 cm³/mol. The Labute approximate surface area is 185 Å². The van der Waals surface area contributed by atoms with Crippen LogP contribution < -0.4 is 5.32 Å². The maximum atomic E-state index is 13.5. The highest BCUT2D eigenvalue weighted by Crippen LogP contribution is 2.42. The molecule has 10 heteroatoms. The molecule has 3 nitrogen and oxygen atoms in total. The van der Waals surface area contributed by atoms with Crippen LogP contribution >= 0.6 is 0 Å². The highest BCUT2D eigenvalue weighted by Gasteiger charge is 2.43. The van der Waals surface area contributed by atoms with Crippen molar-refractivity contribution in [1.29, 1.82) is 0 Å². The standard InChI is InChI=1S/C23H21F7N2O/c24-18-3-1-14(2-4-18)21-19-12-31-11-15(19)5-6-32(21)20(33)9-13-7-16(22(25,26)27)10-17(8-13)23(28,29)30/h1-4,7-8,10,15,19,21,31H,5-6,9,11-12H2/t15?,19-,21?/m1/s1. The van der Waals surface area contributed by atoms with E-state index in [1.54, 1.807) is 12.1 Å². The lowest BCUT2D eigenvalue weighted by Crippen LogP contribution is -2.46. The molecule has 4 rings (SSSR count). The fraction of sp³-hybridized carbons (Fsp3) is 0.435. The van der Waals surface area contributed by atoms with Crippen LogP contribution in [-0.2, 0) is 23.6 Å². The lowest BCUT2D eigenvalue weighted by molar-refractivity contribution is -0.143. The Balaban J connectivity index is 1.66. The first-order chi connectivity index (χ1) is 15.4. The van der Waals surface area contributed by atoms with E-state index in [-0.39, 0.29) is 23.5 Å². The zero-order valence-corrected chi connectivity index (χ0v) is 17.3. The summed E-state index contributed by atoms with van der Waals surface area (Å²) in [4.78, 5) is 14.7. The van der Waals surface area contributed by atoms with E-state index in [9.17, 15) is 35.5 Å². The molecule has 0 saturated carbocycles. The Morgan fingerprint density at radius 1 is 0.939 bits per heavy atom. The number of hydrogen-bond donors (Lipinski definition) is 1. The van der Waals surface area contributed by atoms with Gasteiger partial charge in [0.2, 0.25) is 5.91 Å². The highest BCUT2D eigenvalue weighted by atomic mass is 19.4. The second kappa shape index (κ2) is 8.62. The molecule has 3 atom stereocenters. The van der Waals surface area contributed by atoms with Crippen molar-refractivity contribution in [1.82, 2.24) is 10.2 Å². The van der Waals surface area contributed by atoms with Gasteiger partial charge in [0.15, 0.2) is 0 Å². The minimum Gasteiger partial charge on any atom is -0.335 e. The fourth-order valence-corrected chi connectivity index (χ4v) is 4.88. The molecule has 0 radical (unpaired) electrons. The number of benzene rings is 2. The molecule has 1 N–H and O–H groups in total. The molecule has 1 amide bonds. The minimum absolute atomic E-state index is 0.0143. The van der Waals surface area contributed by atoms with E-state index in [0.29, 0.717) is 37.2 Å². The Morgan fingerprint density at radius 3 is 2.12 bits per heavy atom. The molecule has 2 fully saturated rings. The SMILES string of the molecule is O=C(Cc1cc(C(F)(F)F)cc(C(F)(F)F)c1)N1CCC2CNC[C@H]2C1c1ccc(F)cc1. The summed E-state index contributed by atoms with van der Waals surface area (Å²) in [5, 5.41) is 3.27. The van der Waals surface area contributed by atoms with Gasteiger partial charge in [-0.3, -0.25) is 4.79 Å². The van der Waals surface area contributed by atoms with Gasteiger partial charge in [0.1, 0.15) is 5.82 Å². The van der Waals surface area contributed by atoms with Crippen LogP contribution in [-0.4, -0.2) is 30.4 Å². The molecule has 33 heavy (non-hydrogen) atoms. The van der Waals surface area contributed by atoms with Crippen LogP contribution in [0, 0.1) is 17.7 Å². The van der Waals surface area contributed by atoms with E-state index in [2.05, 4.69) is 5.32 Å². The normalized spacial score (nSPS) is 23.5. The number of rotatable bonds is 3. The van der Waals surface area contributed by atoms with Crippen LogP contribution in [0.2, 0.25) is 0 Å². The monoisotopic (exact) mass is 474 g/mol. The molecular weight excluding hydrogens is 453 g/mol. The van der Waals surface area contributed by atoms with Gasteiger partial charge in [0, 0.05) is 19.0 Å². The number of carbonyl (C=O) groups is 1. The van der Waals surface area contributed by atoms with Crippen LogP contribution in [0.5, 0.6) is 0 Å². The molecule has 178 valence electrons. The summed E-state index contributed by atoms with van der Waals surface area (Å²) in [6, 6.07) is 6.44. The Morgan fingerprint density at radius 2 is 1.55 bits per heavy atom. The van der Waals surface area contributed by atoms with E-state index < -0.39 is 47.7 Å². The number of halogens is 7. The van der Waals surface area contributed by atoms with E-state index in [4.69, 9.17) is 0 Å². The third-order valence-corrected chi connectivity index (χ3v) is 6.41. The first-order valence-electron chi connectivity index (χ1n) is 10.5. The summed E-state index contributed by atoms with van der Waals surface area (Å²) in [6.07, 6.45) is -9.90. The molecular formula is C23H21F7N2O. The number of piperidine rings is 1. The zero-order valence-electron chi connectivity index (χ0n) is 17.3. The van der Waals surface area contributed by atoms with Crippen molar-refractivity contribution in [2.24, 2.45) is 11.8 Å². The van der Waals surface area contributed by atoms with Crippen molar-refractivity contribution in [3.8, 4) is 0 Å². The van der Waals surface area contributed by atoms with Crippen LogP contribution in [0.4, 0.5) is 30.7 Å². The van der Waals surface area contributed by atoms with Gasteiger partial charge in [-0.2, -0.15) is 26.3 Å². The van der Waals surface area contributed by atoms with Gasteiger partial charge >= 0.3 is 12.4 Å².